The van der Waals surface area contributed by atoms with E-state index >= 15 is 0 Å². The van der Waals surface area contributed by atoms with E-state index in [0.717, 1.165) is 12.3 Å². The van der Waals surface area contributed by atoms with Crippen LogP contribution in [0.15, 0.2) is 24.3 Å². The molecule has 0 aliphatic carbocycles. The second-order valence-corrected chi connectivity index (χ2v) is 3.72. The first-order chi connectivity index (χ1) is 5.84. The smallest absolute Gasteiger partial charge is 0.0370 e. The summed E-state index contributed by atoms with van der Waals surface area (Å²) in [5.74, 6) is 1.16. The lowest BCUT2D eigenvalue weighted by Crippen LogP contribution is -2.04. The van der Waals surface area contributed by atoms with Crippen LogP contribution >= 0.6 is 11.8 Å². The third-order valence-corrected chi connectivity index (χ3v) is 2.38. The van der Waals surface area contributed by atoms with Gasteiger partial charge in [-0.1, -0.05) is 18.2 Å². The lowest BCUT2D eigenvalue weighted by Gasteiger charge is -2.07. The van der Waals surface area contributed by atoms with Gasteiger partial charge >= 0.3 is 0 Å². The molecule has 0 radical (unpaired) electrons. The number of para-hydroxylation sites is 1. The van der Waals surface area contributed by atoms with Gasteiger partial charge in [0.25, 0.3) is 0 Å². The van der Waals surface area contributed by atoms with Gasteiger partial charge in [-0.15, -0.1) is 0 Å². The van der Waals surface area contributed by atoms with Crippen molar-refractivity contribution in [3.05, 3.63) is 29.8 Å². The highest BCUT2D eigenvalue weighted by Crippen LogP contribution is 2.12. The van der Waals surface area contributed by atoms with E-state index in [9.17, 15) is 0 Å². The molecule has 0 unspecified atom stereocenters. The first-order valence-electron chi connectivity index (χ1n) is 4.13. The van der Waals surface area contributed by atoms with Crippen LogP contribution in [-0.4, -0.2) is 18.6 Å². The van der Waals surface area contributed by atoms with E-state index in [4.69, 9.17) is 0 Å². The zero-order valence-corrected chi connectivity index (χ0v) is 8.45. The molecule has 1 aromatic carbocycles. The second-order valence-electron chi connectivity index (χ2n) is 2.73. The second kappa shape index (κ2) is 5.09. The van der Waals surface area contributed by atoms with E-state index in [-0.39, 0.29) is 0 Å². The van der Waals surface area contributed by atoms with Gasteiger partial charge < -0.3 is 5.32 Å². The molecule has 0 aliphatic heterocycles. The van der Waals surface area contributed by atoms with Gasteiger partial charge in [0.05, 0.1) is 0 Å². The molecule has 0 saturated heterocycles. The highest BCUT2D eigenvalue weighted by Gasteiger charge is 1.93. The molecule has 12 heavy (non-hydrogen) atoms. The molecule has 0 heterocycles. The fraction of sp³-hybridized carbons (Fsp3) is 0.400. The highest BCUT2D eigenvalue weighted by atomic mass is 32.2. The maximum Gasteiger partial charge on any atom is 0.0370 e. The number of hydrogen-bond acceptors (Lipinski definition) is 2. The van der Waals surface area contributed by atoms with Crippen LogP contribution in [0.25, 0.3) is 0 Å². The van der Waals surface area contributed by atoms with Crippen LogP contribution in [-0.2, 0) is 0 Å². The summed E-state index contributed by atoms with van der Waals surface area (Å²) in [6.07, 6.45) is 2.12. The van der Waals surface area contributed by atoms with E-state index in [1.807, 2.05) is 11.8 Å². The molecule has 0 saturated carbocycles. The Labute approximate surface area is 78.6 Å². The van der Waals surface area contributed by atoms with E-state index in [0.29, 0.717) is 0 Å². The number of rotatable bonds is 4. The Bertz CT molecular complexity index is 235. The SMILES string of the molecule is CSCCNc1ccccc1C. The molecule has 1 N–H and O–H groups in total. The minimum atomic E-state index is 1.05. The molecule has 0 amide bonds. The maximum atomic E-state index is 3.39. The Morgan fingerprint density at radius 2 is 2.08 bits per heavy atom. The van der Waals surface area contributed by atoms with Crippen molar-refractivity contribution in [2.24, 2.45) is 0 Å². The van der Waals surface area contributed by atoms with Crippen LogP contribution in [0.2, 0.25) is 0 Å². The maximum absolute atomic E-state index is 3.39. The van der Waals surface area contributed by atoms with Crippen LogP contribution in [0.1, 0.15) is 5.56 Å². The summed E-state index contributed by atoms with van der Waals surface area (Å²) < 4.78 is 0. The van der Waals surface area contributed by atoms with Gasteiger partial charge in [-0.25, -0.2) is 0 Å². The van der Waals surface area contributed by atoms with Crippen LogP contribution < -0.4 is 5.32 Å². The summed E-state index contributed by atoms with van der Waals surface area (Å²) in [6.45, 7) is 3.17. The average Bonchev–Trinajstić information content (AvgIpc) is 2.09. The van der Waals surface area contributed by atoms with Crippen molar-refractivity contribution >= 4 is 17.4 Å². The summed E-state index contributed by atoms with van der Waals surface area (Å²) in [7, 11) is 0. The predicted octanol–water partition coefficient (Wildman–Crippen LogP) is 2.77. The Morgan fingerprint density at radius 3 is 2.75 bits per heavy atom. The number of anilines is 1. The van der Waals surface area contributed by atoms with Crippen LogP contribution in [0, 0.1) is 6.92 Å². The first-order valence-corrected chi connectivity index (χ1v) is 5.52. The molecule has 0 fully saturated rings. The van der Waals surface area contributed by atoms with Gasteiger partial charge in [-0.3, -0.25) is 0 Å². The molecule has 1 aromatic rings. The molecule has 0 spiro atoms. The van der Waals surface area contributed by atoms with Crippen molar-refractivity contribution in [2.45, 2.75) is 6.92 Å². The molecule has 0 atom stereocenters. The van der Waals surface area contributed by atoms with Crippen LogP contribution in [0.5, 0.6) is 0 Å². The van der Waals surface area contributed by atoms with Gasteiger partial charge in [0.15, 0.2) is 0 Å². The van der Waals surface area contributed by atoms with Gasteiger partial charge in [-0.2, -0.15) is 11.8 Å². The van der Waals surface area contributed by atoms with E-state index in [1.165, 1.54) is 11.3 Å². The molecule has 0 aromatic heterocycles. The Morgan fingerprint density at radius 1 is 1.33 bits per heavy atom. The van der Waals surface area contributed by atoms with Crippen molar-refractivity contribution < 1.29 is 0 Å². The summed E-state index contributed by atoms with van der Waals surface area (Å²) in [6, 6.07) is 8.38. The normalized spacial score (nSPS) is 9.83. The fourth-order valence-corrected chi connectivity index (χ4v) is 1.37. The van der Waals surface area contributed by atoms with Gasteiger partial charge in [-0.05, 0) is 24.8 Å². The predicted molar refractivity (Wildman–Crippen MR) is 58.1 cm³/mol. The number of hydrogen-bond donors (Lipinski definition) is 1. The standard InChI is InChI=1S/C10H15NS/c1-9-5-3-4-6-10(9)11-7-8-12-2/h3-6,11H,7-8H2,1-2H3. The molecule has 2 heteroatoms. The molecule has 66 valence electrons. The van der Waals surface area contributed by atoms with Crippen molar-refractivity contribution in [3.8, 4) is 0 Å². The van der Waals surface area contributed by atoms with Crippen molar-refractivity contribution in [1.82, 2.24) is 0 Å². The topological polar surface area (TPSA) is 12.0 Å². The fourth-order valence-electron chi connectivity index (χ4n) is 1.06. The third kappa shape index (κ3) is 2.78. The number of aryl methyl sites for hydroxylation is 1. The molecular weight excluding hydrogens is 166 g/mol. The third-order valence-electron chi connectivity index (χ3n) is 1.77. The molecule has 0 aliphatic rings. The van der Waals surface area contributed by atoms with Crippen LogP contribution in [0.4, 0.5) is 5.69 Å². The number of benzene rings is 1. The largest absolute Gasteiger partial charge is 0.384 e. The summed E-state index contributed by atoms with van der Waals surface area (Å²) >= 11 is 1.86. The lowest BCUT2D eigenvalue weighted by atomic mass is 10.2. The summed E-state index contributed by atoms with van der Waals surface area (Å²) in [5, 5.41) is 3.39. The molecule has 0 bridgehead atoms. The number of nitrogens with one attached hydrogen (secondary N) is 1. The van der Waals surface area contributed by atoms with Gasteiger partial charge in [0.1, 0.15) is 0 Å². The van der Waals surface area contributed by atoms with Crippen molar-refractivity contribution in [2.75, 3.05) is 23.9 Å². The minimum Gasteiger partial charge on any atom is -0.384 e. The summed E-state index contributed by atoms with van der Waals surface area (Å²) in [4.78, 5) is 0. The molecular formula is C10H15NS. The highest BCUT2D eigenvalue weighted by molar-refractivity contribution is 7.98. The van der Waals surface area contributed by atoms with E-state index in [2.05, 4.69) is 42.8 Å². The lowest BCUT2D eigenvalue weighted by molar-refractivity contribution is 1.21. The molecule has 1 nitrogen and oxygen atoms in total. The zero-order chi connectivity index (χ0) is 8.81. The van der Waals surface area contributed by atoms with Crippen LogP contribution in [0.3, 0.4) is 0 Å². The Kier molecular flexibility index (Phi) is 4.01. The van der Waals surface area contributed by atoms with E-state index < -0.39 is 0 Å². The minimum absolute atomic E-state index is 1.05. The monoisotopic (exact) mass is 181 g/mol. The van der Waals surface area contributed by atoms with Crippen molar-refractivity contribution in [1.29, 1.82) is 0 Å². The van der Waals surface area contributed by atoms with Crippen molar-refractivity contribution in [3.63, 3.8) is 0 Å². The zero-order valence-electron chi connectivity index (χ0n) is 7.63. The van der Waals surface area contributed by atoms with Gasteiger partial charge in [0.2, 0.25) is 0 Å². The number of thioether (sulfide) groups is 1. The quantitative estimate of drug-likeness (QED) is 0.717. The van der Waals surface area contributed by atoms with E-state index in [1.54, 1.807) is 0 Å². The van der Waals surface area contributed by atoms with Gasteiger partial charge in [0, 0.05) is 18.0 Å². The first kappa shape index (κ1) is 9.46. The summed E-state index contributed by atoms with van der Waals surface area (Å²) in [5.41, 5.74) is 2.57. The molecule has 1 rings (SSSR count). The Balaban J connectivity index is 2.46. The Hall–Kier alpha value is -0.630. The average molecular weight is 181 g/mol.